The third-order valence-electron chi connectivity index (χ3n) is 9.13. The normalized spacial score (nSPS) is 22.2. The van der Waals surface area contributed by atoms with Crippen LogP contribution in [-0.4, -0.2) is 80.6 Å². The summed E-state index contributed by atoms with van der Waals surface area (Å²) in [4.78, 5) is 39.1. The van der Waals surface area contributed by atoms with Crippen molar-refractivity contribution in [1.82, 2.24) is 25.1 Å². The number of aliphatic imine (C=N–C) groups is 1. The summed E-state index contributed by atoms with van der Waals surface area (Å²) in [6, 6.07) is 0. The van der Waals surface area contributed by atoms with E-state index in [9.17, 15) is 4.79 Å². The fourth-order valence-corrected chi connectivity index (χ4v) is 8.47. The van der Waals surface area contributed by atoms with Crippen molar-refractivity contribution >= 4 is 23.9 Å². The maximum absolute atomic E-state index is 10.9. The van der Waals surface area contributed by atoms with Gasteiger partial charge < -0.3 is 20.3 Å². The fraction of sp³-hybridized carbons (Fsp3) is 0.875. The summed E-state index contributed by atoms with van der Waals surface area (Å²) < 4.78 is 0. The van der Waals surface area contributed by atoms with Crippen LogP contribution >= 0.6 is 0 Å². The van der Waals surface area contributed by atoms with Crippen molar-refractivity contribution in [3.63, 3.8) is 0 Å². The van der Waals surface area contributed by atoms with E-state index in [1.165, 1.54) is 12.8 Å². The molecule has 0 spiro atoms. The quantitative estimate of drug-likeness (QED) is 0.128. The van der Waals surface area contributed by atoms with Gasteiger partial charge >= 0.3 is 0 Å². The van der Waals surface area contributed by atoms with E-state index < -0.39 is 0 Å². The van der Waals surface area contributed by atoms with Crippen LogP contribution in [-0.2, 0) is 14.5 Å². The minimum atomic E-state index is 0.0128. The van der Waals surface area contributed by atoms with Crippen LogP contribution in [0.2, 0.25) is 0 Å². The van der Waals surface area contributed by atoms with E-state index in [4.69, 9.17) is 9.68 Å². The Labute approximate surface area is 259 Å². The molecule has 2 saturated heterocycles. The van der Waals surface area contributed by atoms with E-state index >= 15 is 0 Å². The van der Waals surface area contributed by atoms with Gasteiger partial charge in [-0.2, -0.15) is 25.1 Å². The van der Waals surface area contributed by atoms with Crippen molar-refractivity contribution in [2.45, 2.75) is 142 Å². The van der Waals surface area contributed by atoms with Crippen molar-refractivity contribution in [3.8, 4) is 0 Å². The number of piperidine rings is 2. The predicted molar refractivity (Wildman–Crippen MR) is 172 cm³/mol. The minimum absolute atomic E-state index is 0.0128. The third kappa shape index (κ3) is 9.66. The SMILES string of the molecule is CON1C(C)(C)CC(CCCCNc2nc(N=C=O)nc(NCCCCC3CC(C)(C)N(OC)C(C)(C)C3)n2)CC1(C)C. The first-order valence-corrected chi connectivity index (χ1v) is 16.1. The molecule has 0 unspecified atom stereocenters. The number of hydrogen-bond acceptors (Lipinski definition) is 11. The second kappa shape index (κ2) is 14.7. The van der Waals surface area contributed by atoms with Crippen LogP contribution in [0.1, 0.15) is 120 Å². The smallest absolute Gasteiger partial charge is 0.267 e. The number of hydrogen-bond donors (Lipinski definition) is 2. The van der Waals surface area contributed by atoms with E-state index in [1.807, 2.05) is 0 Å². The lowest BCUT2D eigenvalue weighted by Crippen LogP contribution is -2.59. The summed E-state index contributed by atoms with van der Waals surface area (Å²) >= 11 is 0. The molecule has 244 valence electrons. The number of hydroxylamine groups is 4. The number of rotatable bonds is 15. The van der Waals surface area contributed by atoms with Gasteiger partial charge in [-0.3, -0.25) is 0 Å². The molecular weight excluding hydrogens is 544 g/mol. The first-order valence-electron chi connectivity index (χ1n) is 16.1. The number of aromatic nitrogens is 3. The Morgan fingerprint density at radius 3 is 1.40 bits per heavy atom. The highest BCUT2D eigenvalue weighted by molar-refractivity contribution is 5.46. The van der Waals surface area contributed by atoms with E-state index in [0.717, 1.165) is 64.5 Å². The Morgan fingerprint density at radius 1 is 0.698 bits per heavy atom. The molecule has 1 aromatic heterocycles. The Kier molecular flexibility index (Phi) is 12.1. The lowest BCUT2D eigenvalue weighted by atomic mass is 9.73. The van der Waals surface area contributed by atoms with Gasteiger partial charge in [0.15, 0.2) is 0 Å². The summed E-state index contributed by atoms with van der Waals surface area (Å²) in [5.41, 5.74) is 0.0513. The van der Waals surface area contributed by atoms with Crippen molar-refractivity contribution in [2.24, 2.45) is 16.8 Å². The molecule has 11 heteroatoms. The highest BCUT2D eigenvalue weighted by Crippen LogP contribution is 2.44. The van der Waals surface area contributed by atoms with E-state index in [2.05, 4.69) is 96.1 Å². The molecule has 0 amide bonds. The summed E-state index contributed by atoms with van der Waals surface area (Å²) in [5.74, 6) is 2.25. The average molecular weight is 603 g/mol. The zero-order valence-corrected chi connectivity index (χ0v) is 28.5. The van der Waals surface area contributed by atoms with E-state index in [0.29, 0.717) is 23.7 Å². The summed E-state index contributed by atoms with van der Waals surface area (Å²) in [7, 11) is 3.55. The molecule has 0 aromatic carbocycles. The maximum atomic E-state index is 10.9. The van der Waals surface area contributed by atoms with Gasteiger partial charge in [0.2, 0.25) is 18.0 Å². The number of anilines is 2. The first kappa shape index (κ1) is 35.3. The molecule has 2 aliphatic heterocycles. The molecule has 2 fully saturated rings. The van der Waals surface area contributed by atoms with Crippen molar-refractivity contribution in [2.75, 3.05) is 37.9 Å². The molecule has 0 bridgehead atoms. The highest BCUT2D eigenvalue weighted by Gasteiger charge is 2.46. The lowest BCUT2D eigenvalue weighted by molar-refractivity contribution is -0.272. The molecular formula is C32H58N8O3. The Hall–Kier alpha value is -2.17. The lowest BCUT2D eigenvalue weighted by Gasteiger charge is -2.53. The molecule has 43 heavy (non-hydrogen) atoms. The van der Waals surface area contributed by atoms with Gasteiger partial charge in [-0.1, -0.05) is 25.7 Å². The van der Waals surface area contributed by atoms with Crippen LogP contribution in [0.15, 0.2) is 4.99 Å². The van der Waals surface area contributed by atoms with Crippen LogP contribution < -0.4 is 10.6 Å². The monoisotopic (exact) mass is 602 g/mol. The second-order valence-corrected chi connectivity index (χ2v) is 15.1. The highest BCUT2D eigenvalue weighted by atomic mass is 16.7. The minimum Gasteiger partial charge on any atom is -0.354 e. The zero-order chi connectivity index (χ0) is 31.9. The van der Waals surface area contributed by atoms with Gasteiger partial charge in [-0.05, 0) is 106 Å². The summed E-state index contributed by atoms with van der Waals surface area (Å²) in [6.45, 7) is 19.6. The molecule has 0 aliphatic carbocycles. The van der Waals surface area contributed by atoms with Gasteiger partial charge in [0, 0.05) is 35.2 Å². The molecule has 0 saturated carbocycles. The first-order chi connectivity index (χ1) is 20.1. The standard InChI is InChI=1S/C32H58N8O3/c1-29(2)19-24(20-30(3,4)39(29)42-9)15-11-13-17-33-26-36-27(38-28(37-26)35-23-41)34-18-14-12-16-25-21-31(5,6)40(43-10)32(7,8)22-25/h24-25H,11-22H2,1-10H3,(H2,33,34,36,37,38). The van der Waals surface area contributed by atoms with Crippen LogP contribution in [0, 0.1) is 11.8 Å². The Morgan fingerprint density at radius 2 is 1.07 bits per heavy atom. The molecule has 3 heterocycles. The van der Waals surface area contributed by atoms with E-state index in [1.54, 1.807) is 20.3 Å². The molecule has 11 nitrogen and oxygen atoms in total. The van der Waals surface area contributed by atoms with Gasteiger partial charge in [0.05, 0.1) is 14.2 Å². The van der Waals surface area contributed by atoms with E-state index in [-0.39, 0.29) is 28.1 Å². The third-order valence-corrected chi connectivity index (χ3v) is 9.13. The van der Waals surface area contributed by atoms with Crippen molar-refractivity contribution in [1.29, 1.82) is 0 Å². The number of carbonyl (C=O) groups excluding carboxylic acids is 1. The molecule has 2 N–H and O–H groups in total. The zero-order valence-electron chi connectivity index (χ0n) is 28.5. The number of nitrogens with one attached hydrogen (secondary N) is 2. The van der Waals surface area contributed by atoms with Gasteiger partial charge in [-0.25, -0.2) is 4.79 Å². The largest absolute Gasteiger partial charge is 0.354 e. The number of unbranched alkanes of at least 4 members (excludes halogenated alkanes) is 2. The maximum Gasteiger partial charge on any atom is 0.267 e. The van der Waals surface area contributed by atoms with Crippen LogP contribution in [0.25, 0.3) is 0 Å². The molecule has 0 atom stereocenters. The number of isocyanates is 1. The fourth-order valence-electron chi connectivity index (χ4n) is 8.47. The Bertz CT molecular complexity index is 978. The van der Waals surface area contributed by atoms with Gasteiger partial charge in [0.1, 0.15) is 0 Å². The van der Waals surface area contributed by atoms with Crippen LogP contribution in [0.4, 0.5) is 17.8 Å². The molecule has 1 aromatic rings. The van der Waals surface area contributed by atoms with Gasteiger partial charge in [-0.15, -0.1) is 4.99 Å². The Balaban J connectivity index is 1.43. The van der Waals surface area contributed by atoms with Crippen LogP contribution in [0.3, 0.4) is 0 Å². The molecule has 2 aliphatic rings. The van der Waals surface area contributed by atoms with Crippen LogP contribution in [0.5, 0.6) is 0 Å². The van der Waals surface area contributed by atoms with Crippen molar-refractivity contribution in [3.05, 3.63) is 0 Å². The van der Waals surface area contributed by atoms with Crippen molar-refractivity contribution < 1.29 is 14.5 Å². The topological polar surface area (TPSA) is 117 Å². The van der Waals surface area contributed by atoms with Gasteiger partial charge in [0.25, 0.3) is 5.95 Å². The number of nitrogens with zero attached hydrogens (tertiary/aromatic N) is 6. The summed E-state index contributed by atoms with van der Waals surface area (Å²) in [6.07, 6.45) is 12.6. The summed E-state index contributed by atoms with van der Waals surface area (Å²) in [5, 5.41) is 10.9. The predicted octanol–water partition coefficient (Wildman–Crippen LogP) is 6.66. The average Bonchev–Trinajstić information content (AvgIpc) is 2.86. The molecule has 0 radical (unpaired) electrons. The molecule has 3 rings (SSSR count). The second-order valence-electron chi connectivity index (χ2n) is 15.1.